The van der Waals surface area contributed by atoms with Crippen molar-refractivity contribution >= 4 is 11.4 Å². The fourth-order valence-corrected chi connectivity index (χ4v) is 5.47. The number of aryl methyl sites for hydroxylation is 2. The third-order valence-corrected chi connectivity index (χ3v) is 7.48. The Morgan fingerprint density at radius 1 is 0.583 bits per heavy atom. The minimum Gasteiger partial charge on any atom is -0.493 e. The molecule has 2 nitrogen and oxygen atoms in total. The Bertz CT molecular complexity index is 1060. The van der Waals surface area contributed by atoms with Crippen LogP contribution in [-0.2, 0) is 6.42 Å². The van der Waals surface area contributed by atoms with Crippen LogP contribution in [0.3, 0.4) is 0 Å². The molecule has 0 saturated carbocycles. The zero-order valence-corrected chi connectivity index (χ0v) is 23.4. The van der Waals surface area contributed by atoms with Crippen molar-refractivity contribution in [2.45, 2.75) is 118 Å². The van der Waals surface area contributed by atoms with Gasteiger partial charge >= 0.3 is 0 Å². The Kier molecular flexibility index (Phi) is 11.7. The fraction of sp³-hybridized carbons (Fsp3) is 0.529. The Morgan fingerprint density at radius 2 is 1.11 bits per heavy atom. The normalized spacial score (nSPS) is 13.8. The number of nitrogens with zero attached hydrogens (tertiary/aromatic N) is 2. The summed E-state index contributed by atoms with van der Waals surface area (Å²) in [4.78, 5) is 0. The van der Waals surface area contributed by atoms with E-state index in [1.165, 1.54) is 78.3 Å². The van der Waals surface area contributed by atoms with Crippen LogP contribution in [0, 0.1) is 6.92 Å². The van der Waals surface area contributed by atoms with E-state index in [-0.39, 0.29) is 0 Å². The highest BCUT2D eigenvalue weighted by Crippen LogP contribution is 2.44. The molecule has 0 radical (unpaired) electrons. The SMILES string of the molecule is CCCCCCCCc1cccc(C2=C(CCCC)C(CCCCC)=C(c3cccc(C)c3)[N+]2=[N-])c1. The van der Waals surface area contributed by atoms with Gasteiger partial charge in [0.05, 0.1) is 0 Å². The zero-order chi connectivity index (χ0) is 25.8. The lowest BCUT2D eigenvalue weighted by molar-refractivity contribution is -0.345. The largest absolute Gasteiger partial charge is 0.493 e. The van der Waals surface area contributed by atoms with E-state index in [9.17, 15) is 5.53 Å². The first-order valence-corrected chi connectivity index (χ1v) is 14.7. The molecule has 0 aromatic heterocycles. The second kappa shape index (κ2) is 14.9. The maximum atomic E-state index is 11.7. The highest BCUT2D eigenvalue weighted by molar-refractivity contribution is 5.82. The van der Waals surface area contributed by atoms with E-state index in [1.807, 2.05) is 0 Å². The van der Waals surface area contributed by atoms with Crippen LogP contribution in [-0.4, -0.2) is 4.70 Å². The minimum absolute atomic E-state index is 0.997. The molecule has 2 heteroatoms. The lowest BCUT2D eigenvalue weighted by Gasteiger charge is -2.11. The monoisotopic (exact) mass is 484 g/mol. The molecule has 2 aromatic carbocycles. The van der Waals surface area contributed by atoms with Crippen LogP contribution in [0.15, 0.2) is 59.7 Å². The number of hydrogen-bond acceptors (Lipinski definition) is 0. The van der Waals surface area contributed by atoms with Gasteiger partial charge < -0.3 is 5.53 Å². The van der Waals surface area contributed by atoms with Gasteiger partial charge in [0.1, 0.15) is 0 Å². The molecule has 0 amide bonds. The molecule has 3 rings (SSSR count). The summed E-state index contributed by atoms with van der Waals surface area (Å²) in [5.74, 6) is 0. The third kappa shape index (κ3) is 7.51. The number of hydrogen-bond donors (Lipinski definition) is 0. The maximum absolute atomic E-state index is 11.7. The van der Waals surface area contributed by atoms with Gasteiger partial charge in [-0.1, -0.05) is 102 Å². The molecule has 0 saturated heterocycles. The van der Waals surface area contributed by atoms with Gasteiger partial charge in [0, 0.05) is 22.3 Å². The van der Waals surface area contributed by atoms with E-state index in [2.05, 4.69) is 76.2 Å². The van der Waals surface area contributed by atoms with Crippen molar-refractivity contribution in [3.8, 4) is 0 Å². The number of rotatable bonds is 16. The van der Waals surface area contributed by atoms with E-state index < -0.39 is 0 Å². The Balaban J connectivity index is 1.94. The maximum Gasteiger partial charge on any atom is 0.211 e. The standard InChI is InChI=1S/C34H48N2/c1-5-8-11-12-13-15-19-28-20-17-22-30(26-28)34-31(23-10-7-3)32(24-14-9-6-2)33(36(34)35)29-21-16-18-27(4)25-29/h16-18,20-22,25-26H,5-15,19,23-24H2,1-4H3. The summed E-state index contributed by atoms with van der Waals surface area (Å²) < 4.78 is 1.53. The molecule has 0 fully saturated rings. The zero-order valence-electron chi connectivity index (χ0n) is 23.4. The first-order chi connectivity index (χ1) is 17.6. The second-order valence-electron chi connectivity index (χ2n) is 10.6. The molecule has 1 aliphatic heterocycles. The van der Waals surface area contributed by atoms with Crippen molar-refractivity contribution in [3.05, 3.63) is 87.5 Å². The molecule has 2 aromatic rings. The summed E-state index contributed by atoms with van der Waals surface area (Å²) in [5, 5.41) is 0. The Labute approximate surface area is 221 Å². The van der Waals surface area contributed by atoms with Crippen molar-refractivity contribution in [1.29, 1.82) is 0 Å². The molecule has 0 N–H and O–H groups in total. The van der Waals surface area contributed by atoms with Crippen LogP contribution in [0.4, 0.5) is 0 Å². The number of unbranched alkanes of at least 4 members (excludes halogenated alkanes) is 8. The average Bonchev–Trinajstić information content (AvgIpc) is 3.16. The Hall–Kier alpha value is -2.48. The smallest absolute Gasteiger partial charge is 0.211 e. The van der Waals surface area contributed by atoms with E-state index in [4.69, 9.17) is 0 Å². The van der Waals surface area contributed by atoms with Gasteiger partial charge in [0.2, 0.25) is 11.4 Å². The molecule has 1 aliphatic rings. The predicted octanol–water partition coefficient (Wildman–Crippen LogP) is 10.8. The first kappa shape index (κ1) is 28.1. The molecule has 1 heterocycles. The third-order valence-electron chi connectivity index (χ3n) is 7.48. The van der Waals surface area contributed by atoms with Crippen molar-refractivity contribution in [2.75, 3.05) is 0 Å². The lowest BCUT2D eigenvalue weighted by atomic mass is 9.91. The van der Waals surface area contributed by atoms with Crippen molar-refractivity contribution in [3.63, 3.8) is 0 Å². The molecule has 0 atom stereocenters. The fourth-order valence-electron chi connectivity index (χ4n) is 5.47. The first-order valence-electron chi connectivity index (χ1n) is 14.7. The minimum atomic E-state index is 0.997. The molecule has 36 heavy (non-hydrogen) atoms. The summed E-state index contributed by atoms with van der Waals surface area (Å²) in [6, 6.07) is 17.6. The topological polar surface area (TPSA) is 25.3 Å². The molecule has 0 bridgehead atoms. The van der Waals surface area contributed by atoms with Crippen LogP contribution >= 0.6 is 0 Å². The second-order valence-corrected chi connectivity index (χ2v) is 10.6. The van der Waals surface area contributed by atoms with Crippen molar-refractivity contribution in [2.24, 2.45) is 0 Å². The van der Waals surface area contributed by atoms with E-state index in [0.29, 0.717) is 0 Å². The van der Waals surface area contributed by atoms with Gasteiger partial charge in [-0.05, 0) is 75.3 Å². The number of allylic oxidation sites excluding steroid dienone is 2. The predicted molar refractivity (Wildman–Crippen MR) is 156 cm³/mol. The van der Waals surface area contributed by atoms with Crippen LogP contribution in [0.1, 0.15) is 126 Å². The summed E-state index contributed by atoms with van der Waals surface area (Å²) in [6.45, 7) is 8.93. The highest BCUT2D eigenvalue weighted by atomic mass is 15.2. The molecule has 0 aliphatic carbocycles. The van der Waals surface area contributed by atoms with Crippen LogP contribution in [0.5, 0.6) is 0 Å². The van der Waals surface area contributed by atoms with Crippen molar-refractivity contribution in [1.82, 2.24) is 0 Å². The van der Waals surface area contributed by atoms with Gasteiger partial charge in [0.25, 0.3) is 0 Å². The van der Waals surface area contributed by atoms with Gasteiger partial charge in [-0.2, -0.15) is 0 Å². The molecule has 0 unspecified atom stereocenters. The van der Waals surface area contributed by atoms with E-state index in [0.717, 1.165) is 61.0 Å². The van der Waals surface area contributed by atoms with Crippen LogP contribution in [0.2, 0.25) is 0 Å². The van der Waals surface area contributed by atoms with Gasteiger partial charge in [-0.15, -0.1) is 0 Å². The summed E-state index contributed by atoms with van der Waals surface area (Å²) in [5.41, 5.74) is 21.3. The van der Waals surface area contributed by atoms with Crippen LogP contribution < -0.4 is 0 Å². The summed E-state index contributed by atoms with van der Waals surface area (Å²) >= 11 is 0. The number of benzene rings is 2. The average molecular weight is 485 g/mol. The van der Waals surface area contributed by atoms with E-state index >= 15 is 0 Å². The van der Waals surface area contributed by atoms with Crippen molar-refractivity contribution < 1.29 is 4.70 Å². The Morgan fingerprint density at radius 3 is 1.78 bits per heavy atom. The quantitative estimate of drug-likeness (QED) is 0.167. The molecule has 0 spiro atoms. The molecular formula is C34H48N2. The lowest BCUT2D eigenvalue weighted by Crippen LogP contribution is -2.03. The van der Waals surface area contributed by atoms with E-state index in [1.54, 1.807) is 0 Å². The van der Waals surface area contributed by atoms with Gasteiger partial charge in [-0.25, -0.2) is 4.70 Å². The summed E-state index contributed by atoms with van der Waals surface area (Å²) in [6.07, 6.45) is 16.9. The van der Waals surface area contributed by atoms with Crippen LogP contribution in [0.25, 0.3) is 16.9 Å². The summed E-state index contributed by atoms with van der Waals surface area (Å²) in [7, 11) is 0. The highest BCUT2D eigenvalue weighted by Gasteiger charge is 2.35. The molecular weight excluding hydrogens is 436 g/mol. The van der Waals surface area contributed by atoms with Gasteiger partial charge in [-0.3, -0.25) is 0 Å². The van der Waals surface area contributed by atoms with Gasteiger partial charge in [0.15, 0.2) is 0 Å². The molecule has 194 valence electrons.